The Morgan fingerprint density at radius 1 is 1.21 bits per heavy atom. The third kappa shape index (κ3) is 3.67. The van der Waals surface area contributed by atoms with Crippen molar-refractivity contribution < 1.29 is 14.3 Å². The van der Waals surface area contributed by atoms with Gasteiger partial charge in [-0.1, -0.05) is 25.5 Å². The number of hydrogen-bond donors (Lipinski definition) is 2. The molecular formula is C22H25N3O3. The van der Waals surface area contributed by atoms with E-state index in [2.05, 4.69) is 22.5 Å². The maximum Gasteiger partial charge on any atom is 0.251 e. The second-order valence-corrected chi connectivity index (χ2v) is 7.31. The first-order chi connectivity index (χ1) is 13.7. The molecule has 0 aromatic heterocycles. The van der Waals surface area contributed by atoms with E-state index in [1.54, 1.807) is 12.1 Å². The highest BCUT2D eigenvalue weighted by molar-refractivity contribution is 6.04. The molecule has 2 aliphatic heterocycles. The minimum Gasteiger partial charge on any atom is -0.494 e. The number of para-hydroxylation sites is 2. The highest BCUT2D eigenvalue weighted by Gasteiger charge is 2.41. The number of anilines is 2. The third-order valence-electron chi connectivity index (χ3n) is 5.29. The Bertz CT molecular complexity index is 866. The average Bonchev–Trinajstić information content (AvgIpc) is 3.13. The normalized spacial score (nSPS) is 20.2. The minimum absolute atomic E-state index is 0.0102. The fourth-order valence-corrected chi connectivity index (χ4v) is 3.81. The fraction of sp³-hybridized carbons (Fsp3) is 0.364. The number of unbranched alkanes of at least 4 members (excludes halogenated alkanes) is 1. The summed E-state index contributed by atoms with van der Waals surface area (Å²) in [5.74, 6) is 0.638. The van der Waals surface area contributed by atoms with Crippen LogP contribution < -0.4 is 20.3 Å². The molecule has 146 valence electrons. The van der Waals surface area contributed by atoms with Crippen molar-refractivity contribution in [2.24, 2.45) is 0 Å². The van der Waals surface area contributed by atoms with Crippen LogP contribution in [0.2, 0.25) is 0 Å². The molecule has 1 fully saturated rings. The van der Waals surface area contributed by atoms with E-state index in [9.17, 15) is 9.59 Å². The predicted molar refractivity (Wildman–Crippen MR) is 109 cm³/mol. The lowest BCUT2D eigenvalue weighted by molar-refractivity contribution is -0.117. The van der Waals surface area contributed by atoms with E-state index in [-0.39, 0.29) is 23.9 Å². The minimum atomic E-state index is -0.241. The van der Waals surface area contributed by atoms with Gasteiger partial charge in [0.05, 0.1) is 18.0 Å². The summed E-state index contributed by atoms with van der Waals surface area (Å²) in [5, 5.41) is 6.03. The maximum atomic E-state index is 12.6. The van der Waals surface area contributed by atoms with E-state index >= 15 is 0 Å². The van der Waals surface area contributed by atoms with Crippen molar-refractivity contribution in [3.8, 4) is 5.75 Å². The molecule has 0 bridgehead atoms. The maximum absolute atomic E-state index is 12.6. The molecule has 2 aromatic rings. The van der Waals surface area contributed by atoms with Gasteiger partial charge in [-0.3, -0.25) is 9.59 Å². The van der Waals surface area contributed by atoms with E-state index in [1.165, 1.54) is 0 Å². The summed E-state index contributed by atoms with van der Waals surface area (Å²) in [7, 11) is 0. The average molecular weight is 379 g/mol. The second-order valence-electron chi connectivity index (χ2n) is 7.31. The summed E-state index contributed by atoms with van der Waals surface area (Å²) in [6.45, 7) is 3.43. The molecule has 0 aliphatic carbocycles. The summed E-state index contributed by atoms with van der Waals surface area (Å²) >= 11 is 0. The fourth-order valence-electron chi connectivity index (χ4n) is 3.81. The highest BCUT2D eigenvalue weighted by atomic mass is 16.5. The number of nitrogens with zero attached hydrogens (tertiary/aromatic N) is 1. The Kier molecular flexibility index (Phi) is 5.19. The number of carbonyl (C=O) groups excluding carboxylic acids is 2. The van der Waals surface area contributed by atoms with E-state index < -0.39 is 0 Å². The van der Waals surface area contributed by atoms with Crippen LogP contribution >= 0.6 is 0 Å². The molecule has 2 amide bonds. The van der Waals surface area contributed by atoms with Gasteiger partial charge in [-0.2, -0.15) is 0 Å². The number of amides is 2. The largest absolute Gasteiger partial charge is 0.494 e. The molecule has 0 saturated carbocycles. The molecule has 2 unspecified atom stereocenters. The number of ether oxygens (including phenoxy) is 1. The van der Waals surface area contributed by atoms with Gasteiger partial charge in [-0.25, -0.2) is 0 Å². The van der Waals surface area contributed by atoms with Crippen molar-refractivity contribution in [3.63, 3.8) is 0 Å². The molecular weight excluding hydrogens is 354 g/mol. The van der Waals surface area contributed by atoms with Crippen molar-refractivity contribution in [1.29, 1.82) is 0 Å². The predicted octanol–water partition coefficient (Wildman–Crippen LogP) is 3.19. The van der Waals surface area contributed by atoms with Gasteiger partial charge in [0.15, 0.2) is 0 Å². The van der Waals surface area contributed by atoms with Gasteiger partial charge in [0.2, 0.25) is 5.91 Å². The first kappa shape index (κ1) is 18.3. The van der Waals surface area contributed by atoms with Crippen molar-refractivity contribution in [2.75, 3.05) is 23.4 Å². The van der Waals surface area contributed by atoms with Gasteiger partial charge >= 0.3 is 0 Å². The second kappa shape index (κ2) is 7.92. The Morgan fingerprint density at radius 3 is 2.79 bits per heavy atom. The van der Waals surface area contributed by atoms with E-state index in [0.717, 1.165) is 30.0 Å². The van der Waals surface area contributed by atoms with Crippen LogP contribution in [0.3, 0.4) is 0 Å². The third-order valence-corrected chi connectivity index (χ3v) is 5.29. The van der Waals surface area contributed by atoms with Crippen molar-refractivity contribution in [3.05, 3.63) is 54.1 Å². The van der Waals surface area contributed by atoms with Crippen LogP contribution in [0.25, 0.3) is 0 Å². The van der Waals surface area contributed by atoms with Crippen molar-refractivity contribution in [1.82, 2.24) is 5.32 Å². The smallest absolute Gasteiger partial charge is 0.251 e. The molecule has 0 spiro atoms. The molecule has 6 nitrogen and oxygen atoms in total. The van der Waals surface area contributed by atoms with Gasteiger partial charge in [-0.05, 0) is 49.2 Å². The van der Waals surface area contributed by atoms with Crippen LogP contribution in [0, 0.1) is 0 Å². The van der Waals surface area contributed by atoms with Gasteiger partial charge in [0.25, 0.3) is 5.91 Å². The van der Waals surface area contributed by atoms with Gasteiger partial charge < -0.3 is 20.3 Å². The number of nitrogens with one attached hydrogen (secondary N) is 2. The van der Waals surface area contributed by atoms with E-state index in [0.29, 0.717) is 25.1 Å². The number of rotatable bonds is 6. The van der Waals surface area contributed by atoms with Crippen molar-refractivity contribution >= 4 is 23.2 Å². The molecule has 4 rings (SSSR count). The molecule has 28 heavy (non-hydrogen) atoms. The summed E-state index contributed by atoms with van der Waals surface area (Å²) in [6, 6.07) is 14.7. The summed E-state index contributed by atoms with van der Waals surface area (Å²) < 4.78 is 5.64. The molecule has 6 heteroatoms. The number of carbonyl (C=O) groups is 2. The first-order valence-electron chi connectivity index (χ1n) is 9.86. The lowest BCUT2D eigenvalue weighted by atomic mass is 10.1. The van der Waals surface area contributed by atoms with Gasteiger partial charge in [0, 0.05) is 18.2 Å². The molecule has 2 aromatic carbocycles. The van der Waals surface area contributed by atoms with Crippen LogP contribution in [0.5, 0.6) is 5.75 Å². The Balaban J connectivity index is 1.39. The van der Waals surface area contributed by atoms with Crippen LogP contribution in [0.15, 0.2) is 48.5 Å². The molecule has 2 heterocycles. The first-order valence-corrected chi connectivity index (χ1v) is 9.86. The molecule has 2 N–H and O–H groups in total. The monoisotopic (exact) mass is 379 g/mol. The highest BCUT2D eigenvalue weighted by Crippen LogP contribution is 2.36. The quantitative estimate of drug-likeness (QED) is 0.756. The Labute approximate surface area is 164 Å². The van der Waals surface area contributed by atoms with Crippen LogP contribution in [0.1, 0.15) is 36.5 Å². The molecule has 2 atom stereocenters. The lowest BCUT2D eigenvalue weighted by Gasteiger charge is -2.32. The van der Waals surface area contributed by atoms with Crippen LogP contribution in [-0.4, -0.2) is 37.0 Å². The zero-order chi connectivity index (χ0) is 19.5. The number of benzene rings is 2. The standard InChI is InChI=1S/C22H25N3O3/c1-2-3-12-28-17-10-8-15(9-11-17)21(26)23-16-13-20-22(27)24-18-6-4-5-7-19(18)25(20)14-16/h4-11,16,20H,2-3,12-14H2,1H3,(H,23,26)(H,24,27). The summed E-state index contributed by atoms with van der Waals surface area (Å²) in [6.07, 6.45) is 2.70. The zero-order valence-electron chi connectivity index (χ0n) is 16.0. The zero-order valence-corrected chi connectivity index (χ0v) is 16.0. The molecule has 0 radical (unpaired) electrons. The summed E-state index contributed by atoms with van der Waals surface area (Å²) in [4.78, 5) is 27.1. The van der Waals surface area contributed by atoms with E-state index in [4.69, 9.17) is 4.74 Å². The topological polar surface area (TPSA) is 70.7 Å². The Hall–Kier alpha value is -3.02. The van der Waals surface area contributed by atoms with Gasteiger partial charge in [0.1, 0.15) is 11.8 Å². The van der Waals surface area contributed by atoms with E-state index in [1.807, 2.05) is 36.4 Å². The number of fused-ring (bicyclic) bond motifs is 3. The van der Waals surface area contributed by atoms with Crippen molar-refractivity contribution in [2.45, 2.75) is 38.3 Å². The van der Waals surface area contributed by atoms with Gasteiger partial charge in [-0.15, -0.1) is 0 Å². The summed E-state index contributed by atoms with van der Waals surface area (Å²) in [5.41, 5.74) is 2.43. The van der Waals surface area contributed by atoms with Crippen LogP contribution in [0.4, 0.5) is 11.4 Å². The van der Waals surface area contributed by atoms with Crippen LogP contribution in [-0.2, 0) is 4.79 Å². The lowest BCUT2D eigenvalue weighted by Crippen LogP contribution is -2.44. The molecule has 2 aliphatic rings. The molecule has 1 saturated heterocycles. The Morgan fingerprint density at radius 2 is 2.00 bits per heavy atom. The number of hydrogen-bond acceptors (Lipinski definition) is 4. The SMILES string of the molecule is CCCCOc1ccc(C(=O)NC2CC3C(=O)Nc4ccccc4N3C2)cc1.